The number of allylic oxidation sites excluding steroid dienone is 1. The molecule has 1 aliphatic heterocycles. The van der Waals surface area contributed by atoms with E-state index in [0.29, 0.717) is 23.9 Å². The maximum Gasteiger partial charge on any atom is 0.0643 e. The van der Waals surface area contributed by atoms with Crippen LogP contribution in [0.4, 0.5) is 0 Å². The van der Waals surface area contributed by atoms with Gasteiger partial charge in [0.1, 0.15) is 0 Å². The molecule has 5 atom stereocenters. The first kappa shape index (κ1) is 16.0. The summed E-state index contributed by atoms with van der Waals surface area (Å²) in [5.74, 6) is 1.45. The first-order valence-corrected chi connectivity index (χ1v) is 8.47. The summed E-state index contributed by atoms with van der Waals surface area (Å²) in [7, 11) is 0. The molecule has 0 aromatic heterocycles. The number of unbranched alkanes of at least 4 members (excludes halogenated alkanes) is 3. The van der Waals surface area contributed by atoms with Gasteiger partial charge in [0.2, 0.25) is 0 Å². The summed E-state index contributed by atoms with van der Waals surface area (Å²) >= 11 is 0. The van der Waals surface area contributed by atoms with E-state index in [0.717, 1.165) is 6.61 Å². The van der Waals surface area contributed by atoms with Crippen LogP contribution in [-0.4, -0.2) is 24.4 Å². The number of aliphatic hydroxyl groups excluding tert-OH is 1. The standard InChI is InChI=1S/C18H32O2/c1-5-6-7-8-9-16-17-13(2)10-14(3)18(11-19,12-20-16)15(17)4/h10,14-17,19H,5-9,11-12H2,1-4H3/t14-,15+,16+,17+,18+/m1/s1. The Morgan fingerprint density at radius 1 is 1.30 bits per heavy atom. The smallest absolute Gasteiger partial charge is 0.0643 e. The Labute approximate surface area is 124 Å². The van der Waals surface area contributed by atoms with Crippen LogP contribution in [0.3, 0.4) is 0 Å². The minimum absolute atomic E-state index is 0.0515. The first-order valence-electron chi connectivity index (χ1n) is 8.47. The van der Waals surface area contributed by atoms with Crippen LogP contribution in [0.5, 0.6) is 0 Å². The molecule has 0 amide bonds. The van der Waals surface area contributed by atoms with Crippen molar-refractivity contribution in [2.24, 2.45) is 23.2 Å². The molecule has 2 rings (SSSR count). The molecule has 0 radical (unpaired) electrons. The van der Waals surface area contributed by atoms with Gasteiger partial charge in [0, 0.05) is 11.3 Å². The van der Waals surface area contributed by atoms with Crippen molar-refractivity contribution in [3.8, 4) is 0 Å². The lowest BCUT2D eigenvalue weighted by atomic mass is 9.56. The van der Waals surface area contributed by atoms with Crippen LogP contribution in [0.2, 0.25) is 0 Å². The van der Waals surface area contributed by atoms with E-state index in [4.69, 9.17) is 4.74 Å². The molecule has 0 saturated carbocycles. The van der Waals surface area contributed by atoms with Gasteiger partial charge in [0.15, 0.2) is 0 Å². The van der Waals surface area contributed by atoms with Crippen molar-refractivity contribution in [3.05, 3.63) is 11.6 Å². The average molecular weight is 280 g/mol. The fraction of sp³-hybridized carbons (Fsp3) is 0.889. The number of fused-ring (bicyclic) bond motifs is 2. The van der Waals surface area contributed by atoms with Gasteiger partial charge in [0.25, 0.3) is 0 Å². The SMILES string of the molecule is CCCCCC[C@@H]1OC[C@@]2(CO)[C@H](C)C=C(C)[C@H]1[C@@H]2C. The zero-order chi connectivity index (χ0) is 14.8. The van der Waals surface area contributed by atoms with Gasteiger partial charge in [-0.2, -0.15) is 0 Å². The van der Waals surface area contributed by atoms with Crippen LogP contribution < -0.4 is 0 Å². The molecule has 1 fully saturated rings. The van der Waals surface area contributed by atoms with Crippen molar-refractivity contribution in [2.75, 3.05) is 13.2 Å². The highest BCUT2D eigenvalue weighted by Crippen LogP contribution is 2.52. The van der Waals surface area contributed by atoms with E-state index in [1.807, 2.05) is 0 Å². The van der Waals surface area contributed by atoms with Gasteiger partial charge in [-0.25, -0.2) is 0 Å². The van der Waals surface area contributed by atoms with E-state index < -0.39 is 0 Å². The Bertz CT molecular complexity index is 349. The maximum absolute atomic E-state index is 9.94. The highest BCUT2D eigenvalue weighted by Gasteiger charge is 2.52. The monoisotopic (exact) mass is 280 g/mol. The van der Waals surface area contributed by atoms with Gasteiger partial charge in [-0.3, -0.25) is 0 Å². The van der Waals surface area contributed by atoms with E-state index in [1.165, 1.54) is 37.7 Å². The highest BCUT2D eigenvalue weighted by molar-refractivity contribution is 5.20. The zero-order valence-corrected chi connectivity index (χ0v) is 13.7. The molecule has 2 bridgehead atoms. The lowest BCUT2D eigenvalue weighted by Crippen LogP contribution is -2.56. The third kappa shape index (κ3) is 2.69. The molecule has 1 aliphatic carbocycles. The van der Waals surface area contributed by atoms with Crippen LogP contribution in [0.15, 0.2) is 11.6 Å². The Morgan fingerprint density at radius 3 is 2.70 bits per heavy atom. The minimum Gasteiger partial charge on any atom is -0.396 e. The molecular weight excluding hydrogens is 248 g/mol. The summed E-state index contributed by atoms with van der Waals surface area (Å²) in [5.41, 5.74) is 1.43. The number of hydrogen-bond acceptors (Lipinski definition) is 2. The molecule has 0 aromatic carbocycles. The lowest BCUT2D eigenvalue weighted by Gasteiger charge is -2.55. The number of aliphatic hydroxyl groups is 1. The van der Waals surface area contributed by atoms with Crippen LogP contribution >= 0.6 is 0 Å². The van der Waals surface area contributed by atoms with Crippen LogP contribution in [0, 0.1) is 23.2 Å². The van der Waals surface area contributed by atoms with Gasteiger partial charge in [-0.1, -0.05) is 58.1 Å². The van der Waals surface area contributed by atoms with E-state index in [-0.39, 0.29) is 12.0 Å². The second-order valence-corrected chi connectivity index (χ2v) is 7.10. The minimum atomic E-state index is -0.0515. The molecule has 2 nitrogen and oxygen atoms in total. The second-order valence-electron chi connectivity index (χ2n) is 7.10. The maximum atomic E-state index is 9.94. The van der Waals surface area contributed by atoms with Crippen molar-refractivity contribution >= 4 is 0 Å². The predicted molar refractivity (Wildman–Crippen MR) is 83.6 cm³/mol. The summed E-state index contributed by atoms with van der Waals surface area (Å²) in [6.07, 6.45) is 9.15. The van der Waals surface area contributed by atoms with Gasteiger partial charge in [-0.15, -0.1) is 0 Å². The number of hydrogen-bond donors (Lipinski definition) is 1. The molecule has 20 heavy (non-hydrogen) atoms. The molecule has 1 N–H and O–H groups in total. The average Bonchev–Trinajstić information content (AvgIpc) is 2.42. The molecule has 2 heteroatoms. The first-order chi connectivity index (χ1) is 9.56. The van der Waals surface area contributed by atoms with Crippen molar-refractivity contribution in [3.63, 3.8) is 0 Å². The Kier molecular flexibility index (Phi) is 5.30. The predicted octanol–water partition coefficient (Wildman–Crippen LogP) is 4.18. The van der Waals surface area contributed by atoms with Crippen LogP contribution in [0.1, 0.15) is 59.8 Å². The van der Waals surface area contributed by atoms with Crippen LogP contribution in [0.25, 0.3) is 0 Å². The summed E-state index contributed by atoms with van der Waals surface area (Å²) in [6.45, 7) is 10.0. The lowest BCUT2D eigenvalue weighted by molar-refractivity contribution is -0.164. The highest BCUT2D eigenvalue weighted by atomic mass is 16.5. The molecule has 0 spiro atoms. The van der Waals surface area contributed by atoms with E-state index in [9.17, 15) is 5.11 Å². The molecule has 1 saturated heterocycles. The Balaban J connectivity index is 2.08. The van der Waals surface area contributed by atoms with Crippen LogP contribution in [-0.2, 0) is 4.74 Å². The third-order valence-corrected chi connectivity index (χ3v) is 5.99. The van der Waals surface area contributed by atoms with Crippen molar-refractivity contribution in [1.82, 2.24) is 0 Å². The fourth-order valence-corrected chi connectivity index (χ4v) is 4.45. The van der Waals surface area contributed by atoms with Gasteiger partial charge < -0.3 is 9.84 Å². The van der Waals surface area contributed by atoms with Gasteiger partial charge in [0.05, 0.1) is 19.3 Å². The molecule has 116 valence electrons. The van der Waals surface area contributed by atoms with Crippen molar-refractivity contribution < 1.29 is 9.84 Å². The largest absolute Gasteiger partial charge is 0.396 e. The zero-order valence-electron chi connectivity index (χ0n) is 13.7. The summed E-state index contributed by atoms with van der Waals surface area (Å²) in [4.78, 5) is 0. The van der Waals surface area contributed by atoms with E-state index in [1.54, 1.807) is 0 Å². The van der Waals surface area contributed by atoms with Crippen molar-refractivity contribution in [1.29, 1.82) is 0 Å². The molecule has 1 heterocycles. The van der Waals surface area contributed by atoms with E-state index >= 15 is 0 Å². The fourth-order valence-electron chi connectivity index (χ4n) is 4.45. The normalized spacial score (nSPS) is 40.5. The van der Waals surface area contributed by atoms with E-state index in [2.05, 4.69) is 33.8 Å². The summed E-state index contributed by atoms with van der Waals surface area (Å²) in [5, 5.41) is 9.94. The molecule has 2 aliphatic rings. The second kappa shape index (κ2) is 6.62. The number of ether oxygens (including phenoxy) is 1. The Morgan fingerprint density at radius 2 is 2.05 bits per heavy atom. The quantitative estimate of drug-likeness (QED) is 0.584. The Hall–Kier alpha value is -0.340. The third-order valence-electron chi connectivity index (χ3n) is 5.99. The number of rotatable bonds is 6. The summed E-state index contributed by atoms with van der Waals surface area (Å²) < 4.78 is 6.23. The molecule has 0 unspecified atom stereocenters. The topological polar surface area (TPSA) is 29.5 Å². The molecular formula is C18H32O2. The summed E-state index contributed by atoms with van der Waals surface area (Å²) in [6, 6.07) is 0. The van der Waals surface area contributed by atoms with Gasteiger partial charge >= 0.3 is 0 Å². The van der Waals surface area contributed by atoms with Gasteiger partial charge in [-0.05, 0) is 25.2 Å². The van der Waals surface area contributed by atoms with Crippen molar-refractivity contribution in [2.45, 2.75) is 65.9 Å². The molecule has 0 aromatic rings.